The van der Waals surface area contributed by atoms with Crippen molar-refractivity contribution in [2.45, 2.75) is 13.5 Å². The highest BCUT2D eigenvalue weighted by Crippen LogP contribution is 2.00. The van der Waals surface area contributed by atoms with E-state index in [-0.39, 0.29) is 31.5 Å². The van der Waals surface area contributed by atoms with E-state index in [4.69, 9.17) is 10.00 Å². The molecule has 0 radical (unpaired) electrons. The Hall–Kier alpha value is -2.55. The molecule has 1 unspecified atom stereocenters. The van der Waals surface area contributed by atoms with Crippen LogP contribution < -0.4 is 10.6 Å². The van der Waals surface area contributed by atoms with E-state index in [1.54, 1.807) is 6.92 Å². The molecule has 0 aromatic heterocycles. The van der Waals surface area contributed by atoms with Crippen molar-refractivity contribution in [2.24, 2.45) is 5.92 Å². The van der Waals surface area contributed by atoms with Gasteiger partial charge in [0.15, 0.2) is 0 Å². The molecule has 0 spiro atoms. The zero-order valence-corrected chi connectivity index (χ0v) is 11.3. The van der Waals surface area contributed by atoms with Gasteiger partial charge in [-0.05, 0) is 12.5 Å². The summed E-state index contributed by atoms with van der Waals surface area (Å²) in [4.78, 5) is 22.7. The van der Waals surface area contributed by atoms with Crippen molar-refractivity contribution in [1.82, 2.24) is 10.6 Å². The summed E-state index contributed by atoms with van der Waals surface area (Å²) in [5.74, 6) is -0.618. The average Bonchev–Trinajstić information content (AvgIpc) is 2.49. The van der Waals surface area contributed by atoms with Crippen molar-refractivity contribution in [2.75, 3.05) is 13.1 Å². The quantitative estimate of drug-likeness (QED) is 0.815. The standard InChI is InChI=1S/C14H17N3O3/c1-11(7-15)8-16-13(18)9-17-14(19)20-10-12-5-3-2-4-6-12/h2-6,11H,8-10H2,1H3,(H,16,18)(H,17,19). The Morgan fingerprint density at radius 1 is 1.30 bits per heavy atom. The Balaban J connectivity index is 2.17. The number of carbonyl (C=O) groups excluding carboxylic acids is 2. The normalized spacial score (nSPS) is 11.0. The second kappa shape index (κ2) is 8.53. The predicted molar refractivity (Wildman–Crippen MR) is 72.4 cm³/mol. The minimum atomic E-state index is -0.655. The molecule has 0 heterocycles. The molecule has 106 valence electrons. The Morgan fingerprint density at radius 2 is 2.00 bits per heavy atom. The van der Waals surface area contributed by atoms with E-state index in [1.165, 1.54) is 0 Å². The number of nitriles is 1. The van der Waals surface area contributed by atoms with E-state index in [0.29, 0.717) is 0 Å². The number of hydrogen-bond donors (Lipinski definition) is 2. The van der Waals surface area contributed by atoms with Crippen molar-refractivity contribution in [3.8, 4) is 6.07 Å². The van der Waals surface area contributed by atoms with Crippen LogP contribution in [0.25, 0.3) is 0 Å². The lowest BCUT2D eigenvalue weighted by atomic mass is 10.2. The lowest BCUT2D eigenvalue weighted by molar-refractivity contribution is -0.120. The second-order valence-corrected chi connectivity index (χ2v) is 4.25. The third-order valence-corrected chi connectivity index (χ3v) is 2.43. The number of hydrogen-bond acceptors (Lipinski definition) is 4. The van der Waals surface area contributed by atoms with Crippen molar-refractivity contribution in [3.63, 3.8) is 0 Å². The maximum atomic E-state index is 11.4. The second-order valence-electron chi connectivity index (χ2n) is 4.25. The van der Waals surface area contributed by atoms with Gasteiger partial charge >= 0.3 is 6.09 Å². The Morgan fingerprint density at radius 3 is 2.65 bits per heavy atom. The summed E-state index contributed by atoms with van der Waals surface area (Å²) in [6.45, 7) is 1.93. The topological polar surface area (TPSA) is 91.2 Å². The molecule has 0 saturated heterocycles. The first-order valence-electron chi connectivity index (χ1n) is 6.22. The maximum absolute atomic E-state index is 11.4. The van der Waals surface area contributed by atoms with Crippen LogP contribution >= 0.6 is 0 Å². The summed E-state index contributed by atoms with van der Waals surface area (Å²) in [6, 6.07) is 11.2. The fourth-order valence-electron chi connectivity index (χ4n) is 1.30. The van der Waals surface area contributed by atoms with E-state index in [9.17, 15) is 9.59 Å². The summed E-state index contributed by atoms with van der Waals surface area (Å²) in [5.41, 5.74) is 0.870. The lowest BCUT2D eigenvalue weighted by Gasteiger charge is -2.08. The van der Waals surface area contributed by atoms with Crippen LogP contribution in [0.1, 0.15) is 12.5 Å². The van der Waals surface area contributed by atoms with Gasteiger partial charge in [-0.15, -0.1) is 0 Å². The molecule has 0 bridgehead atoms. The smallest absolute Gasteiger partial charge is 0.407 e. The van der Waals surface area contributed by atoms with Crippen LogP contribution in [0.2, 0.25) is 0 Å². The van der Waals surface area contributed by atoms with Crippen molar-refractivity contribution >= 4 is 12.0 Å². The molecule has 0 saturated carbocycles. The van der Waals surface area contributed by atoms with Gasteiger partial charge in [-0.25, -0.2) is 4.79 Å². The first kappa shape index (κ1) is 15.5. The molecule has 1 aromatic carbocycles. The number of rotatable bonds is 6. The van der Waals surface area contributed by atoms with Gasteiger partial charge in [0.1, 0.15) is 6.61 Å². The third kappa shape index (κ3) is 6.40. The van der Waals surface area contributed by atoms with E-state index in [0.717, 1.165) is 5.56 Å². The molecule has 6 nitrogen and oxygen atoms in total. The summed E-state index contributed by atoms with van der Waals surface area (Å²) < 4.78 is 4.94. The van der Waals surface area contributed by atoms with E-state index in [1.807, 2.05) is 36.4 Å². The van der Waals surface area contributed by atoms with Crippen molar-refractivity contribution < 1.29 is 14.3 Å². The van der Waals surface area contributed by atoms with E-state index >= 15 is 0 Å². The number of carbonyl (C=O) groups is 2. The minimum Gasteiger partial charge on any atom is -0.445 e. The monoisotopic (exact) mass is 275 g/mol. The number of benzene rings is 1. The summed E-state index contributed by atoms with van der Waals surface area (Å²) in [7, 11) is 0. The molecule has 6 heteroatoms. The third-order valence-electron chi connectivity index (χ3n) is 2.43. The molecule has 20 heavy (non-hydrogen) atoms. The van der Waals surface area contributed by atoms with E-state index in [2.05, 4.69) is 10.6 Å². The highest BCUT2D eigenvalue weighted by atomic mass is 16.5. The predicted octanol–water partition coefficient (Wildman–Crippen LogP) is 1.19. The first-order valence-corrected chi connectivity index (χ1v) is 6.22. The van der Waals surface area contributed by atoms with Crippen molar-refractivity contribution in [1.29, 1.82) is 5.26 Å². The van der Waals surface area contributed by atoms with Gasteiger partial charge < -0.3 is 15.4 Å². The van der Waals surface area contributed by atoms with Crippen LogP contribution in [0.4, 0.5) is 4.79 Å². The Labute approximate surface area is 117 Å². The summed E-state index contributed by atoms with van der Waals surface area (Å²) >= 11 is 0. The molecule has 2 N–H and O–H groups in total. The zero-order chi connectivity index (χ0) is 14.8. The molecule has 1 rings (SSSR count). The fraction of sp³-hybridized carbons (Fsp3) is 0.357. The van der Waals surface area contributed by atoms with Gasteiger partial charge in [-0.1, -0.05) is 30.3 Å². The number of nitrogens with zero attached hydrogens (tertiary/aromatic N) is 1. The molecule has 1 atom stereocenters. The maximum Gasteiger partial charge on any atom is 0.407 e. The molecule has 0 aliphatic heterocycles. The Bertz CT molecular complexity index is 482. The van der Waals surface area contributed by atoms with Gasteiger partial charge in [0.05, 0.1) is 18.5 Å². The molecule has 0 fully saturated rings. The largest absolute Gasteiger partial charge is 0.445 e. The molecular weight excluding hydrogens is 258 g/mol. The molecular formula is C14H17N3O3. The van der Waals surface area contributed by atoms with Gasteiger partial charge in [0, 0.05) is 6.54 Å². The average molecular weight is 275 g/mol. The van der Waals surface area contributed by atoms with Crippen LogP contribution in [0.5, 0.6) is 0 Å². The minimum absolute atomic E-state index is 0.153. The molecule has 1 aromatic rings. The number of amides is 2. The number of alkyl carbamates (subject to hydrolysis) is 1. The zero-order valence-electron chi connectivity index (χ0n) is 11.3. The lowest BCUT2D eigenvalue weighted by Crippen LogP contribution is -2.38. The SMILES string of the molecule is CC(C#N)CNC(=O)CNC(=O)OCc1ccccc1. The van der Waals surface area contributed by atoms with Gasteiger partial charge in [-0.3, -0.25) is 4.79 Å². The summed E-state index contributed by atoms with van der Waals surface area (Å²) in [6.07, 6.45) is -0.655. The molecule has 0 aliphatic rings. The van der Waals surface area contributed by atoms with Crippen LogP contribution in [0.15, 0.2) is 30.3 Å². The number of ether oxygens (including phenoxy) is 1. The summed E-state index contributed by atoms with van der Waals surface area (Å²) in [5, 5.41) is 13.4. The van der Waals surface area contributed by atoms with Gasteiger partial charge in [0.25, 0.3) is 0 Å². The first-order chi connectivity index (χ1) is 9.61. The van der Waals surface area contributed by atoms with Crippen LogP contribution in [-0.4, -0.2) is 25.1 Å². The van der Waals surface area contributed by atoms with Gasteiger partial charge in [-0.2, -0.15) is 5.26 Å². The molecule has 2 amide bonds. The van der Waals surface area contributed by atoms with Gasteiger partial charge in [0.2, 0.25) is 5.91 Å². The van der Waals surface area contributed by atoms with Crippen molar-refractivity contribution in [3.05, 3.63) is 35.9 Å². The van der Waals surface area contributed by atoms with Crippen LogP contribution in [0.3, 0.4) is 0 Å². The van der Waals surface area contributed by atoms with Crippen LogP contribution in [-0.2, 0) is 16.1 Å². The molecule has 0 aliphatic carbocycles. The number of nitrogens with one attached hydrogen (secondary N) is 2. The van der Waals surface area contributed by atoms with E-state index < -0.39 is 6.09 Å². The Kier molecular flexibility index (Phi) is 6.62. The van der Waals surface area contributed by atoms with Crippen LogP contribution in [0, 0.1) is 17.2 Å². The highest BCUT2D eigenvalue weighted by Gasteiger charge is 2.07. The fourth-order valence-corrected chi connectivity index (χ4v) is 1.30. The highest BCUT2D eigenvalue weighted by molar-refractivity contribution is 5.82.